The van der Waals surface area contributed by atoms with Crippen LogP contribution >= 0.6 is 0 Å². The molecule has 0 atom stereocenters. The fraction of sp³-hybridized carbons (Fsp3) is 0.200. The van der Waals surface area contributed by atoms with Crippen LogP contribution in [0.5, 0.6) is 0 Å². The summed E-state index contributed by atoms with van der Waals surface area (Å²) in [5.41, 5.74) is 2.60. The first kappa shape index (κ1) is 13.1. The molecule has 19 heavy (non-hydrogen) atoms. The van der Waals surface area contributed by atoms with Gasteiger partial charge in [0.05, 0.1) is 5.56 Å². The van der Waals surface area contributed by atoms with E-state index in [1.165, 1.54) is 10.6 Å². The van der Waals surface area contributed by atoms with E-state index in [1.54, 1.807) is 19.9 Å². The summed E-state index contributed by atoms with van der Waals surface area (Å²) in [6.07, 6.45) is 0. The second-order valence-electron chi connectivity index (χ2n) is 4.61. The van der Waals surface area contributed by atoms with Crippen molar-refractivity contribution in [3.05, 3.63) is 63.1 Å². The maximum atomic E-state index is 12.1. The molecular formula is C15H15NO3. The molecule has 1 aromatic carbocycles. The molecule has 0 saturated heterocycles. The molecule has 0 fully saturated rings. The third-order valence-electron chi connectivity index (χ3n) is 3.13. The first-order valence-electron chi connectivity index (χ1n) is 5.95. The molecule has 0 bridgehead atoms. The number of hydrogen-bond donors (Lipinski definition) is 1. The standard InChI is InChI=1S/C15H15NO3/c1-9-5-4-6-12(7-9)16-11(3)14(15(18)19)10(2)8-13(16)17/h4-8H,1-3H3,(H,18,19). The Morgan fingerprint density at radius 2 is 1.84 bits per heavy atom. The van der Waals surface area contributed by atoms with E-state index in [4.69, 9.17) is 0 Å². The predicted octanol–water partition coefficient (Wildman–Crippen LogP) is 2.46. The summed E-state index contributed by atoms with van der Waals surface area (Å²) in [6, 6.07) is 8.78. The summed E-state index contributed by atoms with van der Waals surface area (Å²) in [5.74, 6) is -1.02. The molecule has 4 nitrogen and oxygen atoms in total. The molecule has 0 aliphatic heterocycles. The molecule has 0 aliphatic carbocycles. The Morgan fingerprint density at radius 3 is 2.42 bits per heavy atom. The zero-order valence-corrected chi connectivity index (χ0v) is 11.1. The van der Waals surface area contributed by atoms with Gasteiger partial charge in [0.25, 0.3) is 5.56 Å². The number of aromatic carboxylic acids is 1. The van der Waals surface area contributed by atoms with Gasteiger partial charge in [-0.15, -0.1) is 0 Å². The normalized spacial score (nSPS) is 10.5. The highest BCUT2D eigenvalue weighted by molar-refractivity contribution is 5.90. The molecule has 1 aromatic heterocycles. The molecule has 2 aromatic rings. The lowest BCUT2D eigenvalue weighted by Gasteiger charge is -2.14. The molecule has 0 aliphatic rings. The highest BCUT2D eigenvalue weighted by Gasteiger charge is 2.16. The Bertz CT molecular complexity index is 714. The summed E-state index contributed by atoms with van der Waals surface area (Å²) >= 11 is 0. The smallest absolute Gasteiger partial charge is 0.337 e. The van der Waals surface area contributed by atoms with Crippen LogP contribution in [0.1, 0.15) is 27.2 Å². The molecule has 98 valence electrons. The third-order valence-corrected chi connectivity index (χ3v) is 3.13. The van der Waals surface area contributed by atoms with Gasteiger partial charge < -0.3 is 5.11 Å². The van der Waals surface area contributed by atoms with Crippen LogP contribution in [0.15, 0.2) is 35.1 Å². The van der Waals surface area contributed by atoms with Gasteiger partial charge in [0.2, 0.25) is 0 Å². The average molecular weight is 257 g/mol. The summed E-state index contributed by atoms with van der Waals surface area (Å²) in [6.45, 7) is 5.22. The van der Waals surface area contributed by atoms with Crippen molar-refractivity contribution in [3.8, 4) is 5.69 Å². The van der Waals surface area contributed by atoms with Gasteiger partial charge in [0.1, 0.15) is 0 Å². The number of nitrogens with zero attached hydrogens (tertiary/aromatic N) is 1. The van der Waals surface area contributed by atoms with E-state index < -0.39 is 5.97 Å². The molecule has 0 unspecified atom stereocenters. The van der Waals surface area contributed by atoms with Crippen molar-refractivity contribution in [1.82, 2.24) is 4.57 Å². The van der Waals surface area contributed by atoms with Crippen LogP contribution in [0.25, 0.3) is 5.69 Å². The minimum Gasteiger partial charge on any atom is -0.478 e. The molecule has 0 radical (unpaired) electrons. The van der Waals surface area contributed by atoms with Crippen molar-refractivity contribution in [2.45, 2.75) is 20.8 Å². The highest BCUT2D eigenvalue weighted by Crippen LogP contribution is 2.16. The van der Waals surface area contributed by atoms with Crippen LogP contribution in [0.3, 0.4) is 0 Å². The minimum absolute atomic E-state index is 0.182. The Balaban J connectivity index is 2.81. The van der Waals surface area contributed by atoms with Gasteiger partial charge in [0.15, 0.2) is 0 Å². The van der Waals surface area contributed by atoms with Crippen LogP contribution in [0, 0.1) is 20.8 Å². The van der Waals surface area contributed by atoms with Crippen LogP contribution in [-0.4, -0.2) is 15.6 Å². The van der Waals surface area contributed by atoms with Crippen LogP contribution in [0.4, 0.5) is 0 Å². The number of hydrogen-bond acceptors (Lipinski definition) is 2. The van der Waals surface area contributed by atoms with Gasteiger partial charge in [-0.25, -0.2) is 4.79 Å². The Morgan fingerprint density at radius 1 is 1.16 bits per heavy atom. The van der Waals surface area contributed by atoms with E-state index in [1.807, 2.05) is 25.1 Å². The Kier molecular flexibility index (Phi) is 3.25. The monoisotopic (exact) mass is 257 g/mol. The lowest BCUT2D eigenvalue weighted by atomic mass is 10.1. The van der Waals surface area contributed by atoms with Crippen LogP contribution in [0.2, 0.25) is 0 Å². The van der Waals surface area contributed by atoms with Crippen LogP contribution < -0.4 is 5.56 Å². The summed E-state index contributed by atoms with van der Waals surface area (Å²) in [5, 5.41) is 9.25. The second kappa shape index (κ2) is 4.72. The number of carboxylic acids is 1. The van der Waals surface area contributed by atoms with Crippen LogP contribution in [-0.2, 0) is 0 Å². The number of benzene rings is 1. The second-order valence-corrected chi connectivity index (χ2v) is 4.61. The van der Waals surface area contributed by atoms with E-state index in [9.17, 15) is 14.7 Å². The topological polar surface area (TPSA) is 59.3 Å². The number of aryl methyl sites for hydroxylation is 2. The molecule has 0 spiro atoms. The third kappa shape index (κ3) is 2.29. The van der Waals surface area contributed by atoms with Gasteiger partial charge >= 0.3 is 5.97 Å². The van der Waals surface area contributed by atoms with E-state index in [2.05, 4.69) is 0 Å². The fourth-order valence-electron chi connectivity index (χ4n) is 2.30. The SMILES string of the molecule is Cc1cccc(-n2c(C)c(C(=O)O)c(C)cc2=O)c1. The van der Waals surface area contributed by atoms with Gasteiger partial charge in [-0.1, -0.05) is 12.1 Å². The number of pyridine rings is 1. The minimum atomic E-state index is -1.02. The van der Waals surface area contributed by atoms with Gasteiger partial charge in [-0.2, -0.15) is 0 Å². The maximum Gasteiger partial charge on any atom is 0.337 e. The molecule has 1 N–H and O–H groups in total. The number of carbonyl (C=O) groups is 1. The van der Waals surface area contributed by atoms with Gasteiger partial charge in [0, 0.05) is 17.4 Å². The number of aromatic nitrogens is 1. The molecule has 2 rings (SSSR count). The van der Waals surface area contributed by atoms with E-state index in [-0.39, 0.29) is 11.1 Å². The zero-order chi connectivity index (χ0) is 14.2. The quantitative estimate of drug-likeness (QED) is 0.899. The van der Waals surface area contributed by atoms with Crippen molar-refractivity contribution in [1.29, 1.82) is 0 Å². The average Bonchev–Trinajstić information content (AvgIpc) is 2.27. The summed E-state index contributed by atoms with van der Waals surface area (Å²) in [4.78, 5) is 23.4. The fourth-order valence-corrected chi connectivity index (χ4v) is 2.30. The van der Waals surface area contributed by atoms with Gasteiger partial charge in [-0.05, 0) is 44.0 Å². The van der Waals surface area contributed by atoms with Crippen molar-refractivity contribution in [2.24, 2.45) is 0 Å². The highest BCUT2D eigenvalue weighted by atomic mass is 16.4. The summed E-state index contributed by atoms with van der Waals surface area (Å²) in [7, 11) is 0. The number of carboxylic acid groups (broad SMARTS) is 1. The van der Waals surface area contributed by atoms with E-state index in [0.29, 0.717) is 16.9 Å². The van der Waals surface area contributed by atoms with Crippen molar-refractivity contribution in [3.63, 3.8) is 0 Å². The van der Waals surface area contributed by atoms with Crippen molar-refractivity contribution in [2.75, 3.05) is 0 Å². The number of rotatable bonds is 2. The van der Waals surface area contributed by atoms with Gasteiger partial charge in [-0.3, -0.25) is 9.36 Å². The molecular weight excluding hydrogens is 242 g/mol. The zero-order valence-electron chi connectivity index (χ0n) is 11.1. The van der Waals surface area contributed by atoms with Crippen molar-refractivity contribution < 1.29 is 9.90 Å². The Hall–Kier alpha value is -2.36. The largest absolute Gasteiger partial charge is 0.478 e. The lowest BCUT2D eigenvalue weighted by molar-refractivity contribution is 0.0694. The summed E-state index contributed by atoms with van der Waals surface area (Å²) < 4.78 is 1.43. The van der Waals surface area contributed by atoms with Crippen molar-refractivity contribution >= 4 is 5.97 Å². The maximum absolute atomic E-state index is 12.1. The first-order chi connectivity index (χ1) is 8.91. The Labute approximate surface area is 110 Å². The predicted molar refractivity (Wildman–Crippen MR) is 73.2 cm³/mol. The lowest BCUT2D eigenvalue weighted by Crippen LogP contribution is -2.24. The van der Waals surface area contributed by atoms with E-state index >= 15 is 0 Å². The molecule has 1 heterocycles. The van der Waals surface area contributed by atoms with E-state index in [0.717, 1.165) is 5.56 Å². The molecule has 0 saturated carbocycles. The first-order valence-corrected chi connectivity index (χ1v) is 5.95. The molecule has 0 amide bonds. The molecule has 4 heteroatoms.